The quantitative estimate of drug-likeness (QED) is 0.811. The molecule has 1 aromatic rings. The van der Waals surface area contributed by atoms with Gasteiger partial charge >= 0.3 is 0 Å². The third-order valence-corrected chi connectivity index (χ3v) is 3.97. The summed E-state index contributed by atoms with van der Waals surface area (Å²) in [5, 5.41) is 3.15. The van der Waals surface area contributed by atoms with Crippen molar-refractivity contribution in [1.82, 2.24) is 14.9 Å². The van der Waals surface area contributed by atoms with Crippen molar-refractivity contribution in [2.45, 2.75) is 25.0 Å². The number of hydrogen-bond acceptors (Lipinski definition) is 6. The highest BCUT2D eigenvalue weighted by molar-refractivity contribution is 5.47. The fourth-order valence-electron chi connectivity index (χ4n) is 2.92. The largest absolute Gasteiger partial charge is 0.489 e. The Morgan fingerprint density at radius 1 is 1.65 bits per heavy atom. The first-order chi connectivity index (χ1) is 9.78. The average molecular weight is 280 g/mol. The van der Waals surface area contributed by atoms with Crippen LogP contribution in [0.2, 0.25) is 0 Å². The number of ether oxygens (including phenoxy) is 2. The summed E-state index contributed by atoms with van der Waals surface area (Å²) in [6.07, 6.45) is 3.99. The van der Waals surface area contributed by atoms with Crippen molar-refractivity contribution >= 4 is 5.82 Å². The first-order valence-corrected chi connectivity index (χ1v) is 6.99. The summed E-state index contributed by atoms with van der Waals surface area (Å²) in [5.74, 6) is 0.672. The predicted molar refractivity (Wildman–Crippen MR) is 74.2 cm³/mol. The molecule has 0 radical (unpaired) electrons. The number of hydrogen-bond donors (Lipinski definition) is 2. The summed E-state index contributed by atoms with van der Waals surface area (Å²) in [6, 6.07) is 0.596. The third kappa shape index (κ3) is 2.64. The second kappa shape index (κ2) is 5.80. The summed E-state index contributed by atoms with van der Waals surface area (Å²) in [7, 11) is 1.46. The Labute approximate surface area is 117 Å². The van der Waals surface area contributed by atoms with Crippen LogP contribution in [0.4, 0.5) is 5.82 Å². The second-order valence-corrected chi connectivity index (χ2v) is 5.24. The molecular weight excluding hydrogens is 260 g/mol. The molecule has 0 aliphatic carbocycles. The van der Waals surface area contributed by atoms with E-state index < -0.39 is 0 Å². The molecule has 110 valence electrons. The van der Waals surface area contributed by atoms with Gasteiger partial charge in [-0.3, -0.25) is 9.69 Å². The Hall–Kier alpha value is -1.60. The Bertz CT molecular complexity index is 519. The van der Waals surface area contributed by atoms with Gasteiger partial charge in [0.15, 0.2) is 5.82 Å². The lowest BCUT2D eigenvalue weighted by molar-refractivity contribution is -0.0416. The van der Waals surface area contributed by atoms with Gasteiger partial charge in [0, 0.05) is 19.1 Å². The van der Waals surface area contributed by atoms with Gasteiger partial charge in [0.2, 0.25) is 5.75 Å². The van der Waals surface area contributed by atoms with E-state index in [0.717, 1.165) is 19.7 Å². The normalized spacial score (nSPS) is 26.2. The van der Waals surface area contributed by atoms with E-state index >= 15 is 0 Å². The van der Waals surface area contributed by atoms with Crippen LogP contribution in [0.1, 0.15) is 12.8 Å². The van der Waals surface area contributed by atoms with Crippen LogP contribution in [0.25, 0.3) is 0 Å². The summed E-state index contributed by atoms with van der Waals surface area (Å²) in [4.78, 5) is 20.6. The van der Waals surface area contributed by atoms with Crippen LogP contribution < -0.4 is 15.6 Å². The first-order valence-electron chi connectivity index (χ1n) is 6.99. The minimum atomic E-state index is -0.283. The number of fused-ring (bicyclic) bond motifs is 1. The second-order valence-electron chi connectivity index (χ2n) is 5.24. The molecule has 20 heavy (non-hydrogen) atoms. The van der Waals surface area contributed by atoms with Crippen LogP contribution in [-0.4, -0.2) is 60.4 Å². The molecule has 3 rings (SSSR count). The minimum Gasteiger partial charge on any atom is -0.489 e. The lowest BCUT2D eigenvalue weighted by Gasteiger charge is -2.35. The van der Waals surface area contributed by atoms with Gasteiger partial charge in [-0.15, -0.1) is 0 Å². The highest BCUT2D eigenvalue weighted by atomic mass is 16.5. The van der Waals surface area contributed by atoms with Crippen LogP contribution in [0.5, 0.6) is 5.75 Å². The van der Waals surface area contributed by atoms with Crippen molar-refractivity contribution in [2.24, 2.45) is 0 Å². The third-order valence-electron chi connectivity index (χ3n) is 3.97. The minimum absolute atomic E-state index is 0.121. The molecule has 2 aliphatic rings. The average Bonchev–Trinajstić information content (AvgIpc) is 2.92. The van der Waals surface area contributed by atoms with E-state index in [1.165, 1.54) is 26.3 Å². The molecule has 7 heteroatoms. The van der Waals surface area contributed by atoms with Gasteiger partial charge in [0.05, 0.1) is 26.1 Å². The van der Waals surface area contributed by atoms with Gasteiger partial charge in [-0.2, -0.15) is 0 Å². The zero-order valence-corrected chi connectivity index (χ0v) is 11.6. The summed E-state index contributed by atoms with van der Waals surface area (Å²) < 4.78 is 10.9. The first kappa shape index (κ1) is 13.4. The molecule has 1 aromatic heterocycles. The predicted octanol–water partition coefficient (Wildman–Crippen LogP) is 0.0536. The van der Waals surface area contributed by atoms with Crippen molar-refractivity contribution in [3.8, 4) is 5.75 Å². The summed E-state index contributed by atoms with van der Waals surface area (Å²) in [5.41, 5.74) is -0.283. The summed E-state index contributed by atoms with van der Waals surface area (Å²) >= 11 is 0. The Balaban J connectivity index is 1.60. The monoisotopic (exact) mass is 280 g/mol. The van der Waals surface area contributed by atoms with E-state index in [2.05, 4.69) is 20.2 Å². The van der Waals surface area contributed by atoms with E-state index in [9.17, 15) is 4.79 Å². The number of rotatable bonds is 4. The molecule has 2 aliphatic heterocycles. The number of nitrogens with zero attached hydrogens (tertiary/aromatic N) is 2. The Morgan fingerprint density at radius 2 is 2.55 bits per heavy atom. The van der Waals surface area contributed by atoms with Crippen molar-refractivity contribution in [1.29, 1.82) is 0 Å². The number of aromatic amines is 1. The number of nitrogens with one attached hydrogen (secondary N) is 2. The van der Waals surface area contributed by atoms with Gasteiger partial charge in [-0.05, 0) is 19.4 Å². The van der Waals surface area contributed by atoms with Crippen LogP contribution in [0.3, 0.4) is 0 Å². The number of anilines is 1. The highest BCUT2D eigenvalue weighted by Gasteiger charge is 2.32. The van der Waals surface area contributed by atoms with Crippen molar-refractivity contribution < 1.29 is 9.47 Å². The lowest BCUT2D eigenvalue weighted by Crippen LogP contribution is -2.48. The molecule has 0 saturated carbocycles. The molecule has 2 atom stereocenters. The van der Waals surface area contributed by atoms with E-state index in [1.807, 2.05) is 0 Å². The topological polar surface area (TPSA) is 79.5 Å². The van der Waals surface area contributed by atoms with Crippen LogP contribution >= 0.6 is 0 Å². The van der Waals surface area contributed by atoms with Crippen LogP contribution in [0.15, 0.2) is 11.1 Å². The highest BCUT2D eigenvalue weighted by Crippen LogP contribution is 2.23. The molecule has 7 nitrogen and oxygen atoms in total. The van der Waals surface area contributed by atoms with Crippen LogP contribution in [-0.2, 0) is 4.74 Å². The number of morpholine rings is 1. The SMILES string of the molecule is COc1c(NCC2CN3CCCC3CO2)nc[nH]c1=O. The van der Waals surface area contributed by atoms with E-state index in [-0.39, 0.29) is 17.4 Å². The van der Waals surface area contributed by atoms with E-state index in [1.54, 1.807) is 0 Å². The maximum atomic E-state index is 11.6. The molecule has 3 heterocycles. The van der Waals surface area contributed by atoms with Gasteiger partial charge in [0.1, 0.15) is 0 Å². The van der Waals surface area contributed by atoms with Crippen LogP contribution in [0, 0.1) is 0 Å². The fourth-order valence-corrected chi connectivity index (χ4v) is 2.92. The van der Waals surface area contributed by atoms with Gasteiger partial charge in [0.25, 0.3) is 5.56 Å². The molecule has 0 aromatic carbocycles. The zero-order chi connectivity index (χ0) is 13.9. The molecule has 2 unspecified atom stereocenters. The number of methoxy groups -OCH3 is 1. The summed E-state index contributed by atoms with van der Waals surface area (Å²) in [6.45, 7) is 3.52. The van der Waals surface area contributed by atoms with E-state index in [0.29, 0.717) is 18.4 Å². The van der Waals surface area contributed by atoms with Crippen molar-refractivity contribution in [3.05, 3.63) is 16.7 Å². The number of aromatic nitrogens is 2. The standard InChI is InChI=1S/C13H20N4O3/c1-19-11-12(15-8-16-13(11)18)14-5-10-6-17-4-2-3-9(17)7-20-10/h8-10H,2-7H2,1H3,(H2,14,15,16,18). The maximum Gasteiger partial charge on any atom is 0.295 e. The number of H-pyrrole nitrogens is 1. The Kier molecular flexibility index (Phi) is 3.88. The fraction of sp³-hybridized carbons (Fsp3) is 0.692. The lowest BCUT2D eigenvalue weighted by atomic mass is 10.2. The van der Waals surface area contributed by atoms with E-state index in [4.69, 9.17) is 9.47 Å². The van der Waals surface area contributed by atoms with Gasteiger partial charge < -0.3 is 19.8 Å². The molecule has 2 saturated heterocycles. The smallest absolute Gasteiger partial charge is 0.295 e. The maximum absolute atomic E-state index is 11.6. The molecular formula is C13H20N4O3. The molecule has 0 spiro atoms. The molecule has 0 amide bonds. The van der Waals surface area contributed by atoms with Gasteiger partial charge in [-0.1, -0.05) is 0 Å². The Morgan fingerprint density at radius 3 is 3.40 bits per heavy atom. The van der Waals surface area contributed by atoms with Crippen molar-refractivity contribution in [2.75, 3.05) is 38.7 Å². The molecule has 2 N–H and O–H groups in total. The molecule has 0 bridgehead atoms. The van der Waals surface area contributed by atoms with Gasteiger partial charge in [-0.25, -0.2) is 4.98 Å². The zero-order valence-electron chi connectivity index (χ0n) is 11.6. The molecule has 2 fully saturated rings. The van der Waals surface area contributed by atoms with Crippen molar-refractivity contribution in [3.63, 3.8) is 0 Å².